The summed E-state index contributed by atoms with van der Waals surface area (Å²) >= 11 is 0. The van der Waals surface area contributed by atoms with E-state index < -0.39 is 0 Å². The van der Waals surface area contributed by atoms with Crippen molar-refractivity contribution in [3.05, 3.63) is 71.9 Å². The van der Waals surface area contributed by atoms with Gasteiger partial charge in [-0.3, -0.25) is 9.78 Å². The summed E-state index contributed by atoms with van der Waals surface area (Å²) < 4.78 is 21.6. The minimum Gasteiger partial charge on any atom is -0.493 e. The lowest BCUT2D eigenvalue weighted by Gasteiger charge is -2.23. The van der Waals surface area contributed by atoms with Gasteiger partial charge in [0.15, 0.2) is 11.5 Å². The number of hydrogen-bond donors (Lipinski definition) is 0. The first-order valence-electron chi connectivity index (χ1n) is 8.68. The summed E-state index contributed by atoms with van der Waals surface area (Å²) in [5.41, 5.74) is 1.13. The van der Waals surface area contributed by atoms with Gasteiger partial charge in [-0.25, -0.2) is 0 Å². The fourth-order valence-corrected chi connectivity index (χ4v) is 2.92. The molecule has 146 valence electrons. The molecule has 0 aliphatic carbocycles. The number of furan rings is 1. The van der Waals surface area contributed by atoms with E-state index in [-0.39, 0.29) is 5.91 Å². The monoisotopic (exact) mass is 382 g/mol. The molecule has 1 aromatic carbocycles. The van der Waals surface area contributed by atoms with Gasteiger partial charge in [0.05, 0.1) is 51.9 Å². The van der Waals surface area contributed by atoms with Gasteiger partial charge in [0.1, 0.15) is 5.76 Å². The molecule has 0 aliphatic rings. The van der Waals surface area contributed by atoms with E-state index in [2.05, 4.69) is 4.98 Å². The zero-order chi connectivity index (χ0) is 19.9. The molecule has 7 nitrogen and oxygen atoms in total. The second-order valence-corrected chi connectivity index (χ2v) is 5.94. The predicted molar refractivity (Wildman–Crippen MR) is 103 cm³/mol. The van der Waals surface area contributed by atoms with Crippen molar-refractivity contribution in [1.29, 1.82) is 0 Å². The van der Waals surface area contributed by atoms with Crippen LogP contribution < -0.4 is 14.2 Å². The molecule has 7 heteroatoms. The standard InChI is InChI=1S/C21H22N2O5/c1-25-18-10-9-17(19(26-2)20(18)27-3)21(24)23(14-16-8-6-12-28-16)13-15-7-4-5-11-22-15/h4-12H,13-14H2,1-3H3. The van der Waals surface area contributed by atoms with Crippen LogP contribution in [-0.2, 0) is 13.1 Å². The van der Waals surface area contributed by atoms with E-state index in [0.717, 1.165) is 5.69 Å². The summed E-state index contributed by atoms with van der Waals surface area (Å²) in [6.45, 7) is 0.609. The van der Waals surface area contributed by atoms with Crippen LogP contribution in [0.25, 0.3) is 0 Å². The number of carbonyl (C=O) groups excluding carboxylic acids is 1. The molecular formula is C21H22N2O5. The van der Waals surface area contributed by atoms with Gasteiger partial charge in [0, 0.05) is 6.20 Å². The second kappa shape index (κ2) is 8.94. The molecule has 2 aromatic heterocycles. The van der Waals surface area contributed by atoms with Crippen molar-refractivity contribution in [3.8, 4) is 17.2 Å². The summed E-state index contributed by atoms with van der Waals surface area (Å²) in [6, 6.07) is 12.5. The van der Waals surface area contributed by atoms with Crippen molar-refractivity contribution >= 4 is 5.91 Å². The van der Waals surface area contributed by atoms with E-state index in [1.165, 1.54) is 21.3 Å². The van der Waals surface area contributed by atoms with Gasteiger partial charge in [-0.15, -0.1) is 0 Å². The van der Waals surface area contributed by atoms with Crippen LogP contribution in [0.2, 0.25) is 0 Å². The number of rotatable bonds is 8. The van der Waals surface area contributed by atoms with Crippen molar-refractivity contribution in [2.45, 2.75) is 13.1 Å². The maximum absolute atomic E-state index is 13.4. The van der Waals surface area contributed by atoms with Crippen LogP contribution in [-0.4, -0.2) is 37.1 Å². The Kier molecular flexibility index (Phi) is 6.16. The summed E-state index contributed by atoms with van der Waals surface area (Å²) in [5, 5.41) is 0. The first-order chi connectivity index (χ1) is 13.7. The van der Waals surface area contributed by atoms with Crippen molar-refractivity contribution in [2.24, 2.45) is 0 Å². The number of methoxy groups -OCH3 is 3. The van der Waals surface area contributed by atoms with E-state index in [9.17, 15) is 4.79 Å². The molecule has 0 saturated heterocycles. The average molecular weight is 382 g/mol. The van der Waals surface area contributed by atoms with Crippen LogP contribution in [0.15, 0.2) is 59.3 Å². The van der Waals surface area contributed by atoms with Gasteiger partial charge in [-0.05, 0) is 36.4 Å². The van der Waals surface area contributed by atoms with Crippen molar-refractivity contribution < 1.29 is 23.4 Å². The van der Waals surface area contributed by atoms with Gasteiger partial charge < -0.3 is 23.5 Å². The molecule has 0 N–H and O–H groups in total. The number of aromatic nitrogens is 1. The van der Waals surface area contributed by atoms with Gasteiger partial charge in [-0.1, -0.05) is 6.07 Å². The van der Waals surface area contributed by atoms with Gasteiger partial charge in [0.25, 0.3) is 5.91 Å². The summed E-state index contributed by atoms with van der Waals surface area (Å²) in [5.74, 6) is 1.60. The quantitative estimate of drug-likeness (QED) is 0.593. The SMILES string of the molecule is COc1ccc(C(=O)N(Cc2ccccn2)Cc2ccco2)c(OC)c1OC. The Bertz CT molecular complexity index is 910. The number of nitrogens with zero attached hydrogens (tertiary/aromatic N) is 2. The maximum atomic E-state index is 13.4. The summed E-state index contributed by atoms with van der Waals surface area (Å²) in [7, 11) is 4.52. The van der Waals surface area contributed by atoms with Crippen molar-refractivity contribution in [2.75, 3.05) is 21.3 Å². The first kappa shape index (κ1) is 19.3. The Hall–Kier alpha value is -3.48. The number of benzene rings is 1. The highest BCUT2D eigenvalue weighted by Crippen LogP contribution is 2.40. The Labute approximate surface area is 163 Å². The minimum atomic E-state index is -0.236. The zero-order valence-electron chi connectivity index (χ0n) is 16.0. The fraction of sp³-hybridized carbons (Fsp3) is 0.238. The normalized spacial score (nSPS) is 10.4. The van der Waals surface area contributed by atoms with E-state index in [4.69, 9.17) is 18.6 Å². The molecule has 1 amide bonds. The molecule has 0 unspecified atom stereocenters. The van der Waals surface area contributed by atoms with Gasteiger partial charge in [0.2, 0.25) is 5.75 Å². The first-order valence-corrected chi connectivity index (χ1v) is 8.68. The molecule has 0 bridgehead atoms. The van der Waals surface area contributed by atoms with Crippen molar-refractivity contribution in [3.63, 3.8) is 0 Å². The lowest BCUT2D eigenvalue weighted by atomic mass is 10.1. The highest BCUT2D eigenvalue weighted by molar-refractivity contribution is 5.98. The summed E-state index contributed by atoms with van der Waals surface area (Å²) in [6.07, 6.45) is 3.28. The number of amides is 1. The Morgan fingerprint density at radius 1 is 0.964 bits per heavy atom. The van der Waals surface area contributed by atoms with E-state index in [1.807, 2.05) is 24.3 Å². The molecule has 3 aromatic rings. The fourth-order valence-electron chi connectivity index (χ4n) is 2.92. The molecule has 0 saturated carbocycles. The van der Waals surface area contributed by atoms with Crippen LogP contribution in [0.3, 0.4) is 0 Å². The van der Waals surface area contributed by atoms with E-state index in [0.29, 0.717) is 41.7 Å². The molecule has 3 rings (SSSR count). The van der Waals surface area contributed by atoms with Gasteiger partial charge in [-0.2, -0.15) is 0 Å². The Balaban J connectivity index is 1.98. The highest BCUT2D eigenvalue weighted by Gasteiger charge is 2.25. The third-order valence-corrected chi connectivity index (χ3v) is 4.23. The van der Waals surface area contributed by atoms with Crippen molar-refractivity contribution in [1.82, 2.24) is 9.88 Å². The third-order valence-electron chi connectivity index (χ3n) is 4.23. The minimum absolute atomic E-state index is 0.236. The Morgan fingerprint density at radius 2 is 1.79 bits per heavy atom. The van der Waals surface area contributed by atoms with Crippen LogP contribution in [0, 0.1) is 0 Å². The third kappa shape index (κ3) is 4.09. The smallest absolute Gasteiger partial charge is 0.258 e. The molecule has 0 spiro atoms. The average Bonchev–Trinajstić information content (AvgIpc) is 3.25. The predicted octanol–water partition coefficient (Wildman–Crippen LogP) is 3.54. The Morgan fingerprint density at radius 3 is 2.39 bits per heavy atom. The molecule has 0 radical (unpaired) electrons. The second-order valence-electron chi connectivity index (χ2n) is 5.94. The molecule has 0 atom stereocenters. The lowest BCUT2D eigenvalue weighted by molar-refractivity contribution is 0.0711. The lowest BCUT2D eigenvalue weighted by Crippen LogP contribution is -2.30. The van der Waals surface area contributed by atoms with Crippen LogP contribution in [0.5, 0.6) is 17.2 Å². The highest BCUT2D eigenvalue weighted by atomic mass is 16.5. The van der Waals surface area contributed by atoms with Gasteiger partial charge >= 0.3 is 0 Å². The van der Waals surface area contributed by atoms with E-state index >= 15 is 0 Å². The molecule has 0 fully saturated rings. The maximum Gasteiger partial charge on any atom is 0.258 e. The zero-order valence-corrected chi connectivity index (χ0v) is 16.0. The van der Waals surface area contributed by atoms with Crippen LogP contribution in [0.1, 0.15) is 21.8 Å². The number of pyridine rings is 1. The number of hydrogen-bond acceptors (Lipinski definition) is 6. The van der Waals surface area contributed by atoms with Crippen LogP contribution in [0.4, 0.5) is 0 Å². The van der Waals surface area contributed by atoms with E-state index in [1.54, 1.807) is 35.6 Å². The molecular weight excluding hydrogens is 360 g/mol. The molecule has 28 heavy (non-hydrogen) atoms. The summed E-state index contributed by atoms with van der Waals surface area (Å²) in [4.78, 5) is 19.4. The largest absolute Gasteiger partial charge is 0.493 e. The topological polar surface area (TPSA) is 74.0 Å². The van der Waals surface area contributed by atoms with Crippen LogP contribution >= 0.6 is 0 Å². The molecule has 2 heterocycles. The molecule has 0 aliphatic heterocycles. The number of ether oxygens (including phenoxy) is 3. The number of carbonyl (C=O) groups is 1.